The normalized spacial score (nSPS) is 25.9. The zero-order chi connectivity index (χ0) is 25.2. The van der Waals surface area contributed by atoms with Gasteiger partial charge in [0.25, 0.3) is 0 Å². The Balaban J connectivity index is 2.38. The first-order chi connectivity index (χ1) is 16.4. The van der Waals surface area contributed by atoms with Crippen molar-refractivity contribution in [3.63, 3.8) is 0 Å². The lowest BCUT2D eigenvalue weighted by molar-refractivity contribution is -0.305. The molecular formula is C25H48O9. The number of aliphatic hydroxyl groups is 4. The molecule has 9 nitrogen and oxygen atoms in total. The number of rotatable bonds is 20. The van der Waals surface area contributed by atoms with Crippen molar-refractivity contribution in [1.82, 2.24) is 0 Å². The number of carbonyl (C=O) groups is 1. The van der Waals surface area contributed by atoms with Crippen molar-refractivity contribution in [3.8, 4) is 0 Å². The van der Waals surface area contributed by atoms with Crippen molar-refractivity contribution < 1.29 is 44.2 Å². The summed E-state index contributed by atoms with van der Waals surface area (Å²) in [6.45, 7) is 4.26. The predicted octanol–water partition coefficient (Wildman–Crippen LogP) is 2.45. The maximum absolute atomic E-state index is 12.1. The second kappa shape index (κ2) is 19.4. The number of ether oxygens (including phenoxy) is 4. The molecule has 0 bridgehead atoms. The minimum atomic E-state index is -1.52. The minimum absolute atomic E-state index is 0.113. The van der Waals surface area contributed by atoms with Gasteiger partial charge in [-0.05, 0) is 12.8 Å². The third-order valence-electron chi connectivity index (χ3n) is 6.02. The van der Waals surface area contributed by atoms with E-state index in [1.807, 2.05) is 6.92 Å². The molecule has 0 radical (unpaired) electrons. The van der Waals surface area contributed by atoms with Crippen molar-refractivity contribution in [1.29, 1.82) is 0 Å². The molecule has 1 heterocycles. The van der Waals surface area contributed by atoms with Crippen LogP contribution < -0.4 is 0 Å². The van der Waals surface area contributed by atoms with Crippen molar-refractivity contribution in [2.24, 2.45) is 0 Å². The Bertz CT molecular complexity index is 503. The van der Waals surface area contributed by atoms with E-state index in [1.54, 1.807) is 0 Å². The molecule has 1 fully saturated rings. The van der Waals surface area contributed by atoms with Gasteiger partial charge in [-0.15, -0.1) is 0 Å². The van der Waals surface area contributed by atoms with Gasteiger partial charge in [0.2, 0.25) is 0 Å². The molecule has 0 aromatic carbocycles. The molecule has 0 spiro atoms. The average Bonchev–Trinajstić information content (AvgIpc) is 2.83. The number of esters is 1. The molecule has 34 heavy (non-hydrogen) atoms. The highest BCUT2D eigenvalue weighted by Gasteiger charge is 2.44. The van der Waals surface area contributed by atoms with E-state index < -0.39 is 43.4 Å². The summed E-state index contributed by atoms with van der Waals surface area (Å²) in [6, 6.07) is 0. The fourth-order valence-corrected chi connectivity index (χ4v) is 3.82. The highest BCUT2D eigenvalue weighted by Crippen LogP contribution is 2.22. The maximum atomic E-state index is 12.1. The van der Waals surface area contributed by atoms with E-state index in [-0.39, 0.29) is 19.2 Å². The largest absolute Gasteiger partial charge is 0.457 e. The lowest BCUT2D eigenvalue weighted by Gasteiger charge is -2.39. The molecule has 0 saturated carbocycles. The Morgan fingerprint density at radius 3 is 2.06 bits per heavy atom. The van der Waals surface area contributed by atoms with Crippen LogP contribution >= 0.6 is 0 Å². The topological polar surface area (TPSA) is 135 Å². The standard InChI is InChI=1S/C25H48O9/c1-3-5-7-8-9-10-11-12-13-15-31-17-19(33-21(27)14-6-4-2)18-32-25-24(30)23(29)22(28)20(16-26)34-25/h19-20,22-26,28-30H,3-18H2,1-2H3. The van der Waals surface area contributed by atoms with Crippen molar-refractivity contribution >= 4 is 5.97 Å². The van der Waals surface area contributed by atoms with Gasteiger partial charge in [-0.25, -0.2) is 0 Å². The van der Waals surface area contributed by atoms with Gasteiger partial charge in [0.1, 0.15) is 30.5 Å². The van der Waals surface area contributed by atoms with Gasteiger partial charge >= 0.3 is 5.97 Å². The van der Waals surface area contributed by atoms with Crippen LogP contribution in [0.25, 0.3) is 0 Å². The Labute approximate surface area is 204 Å². The number of carbonyl (C=O) groups excluding carboxylic acids is 1. The van der Waals surface area contributed by atoms with Gasteiger partial charge in [-0.1, -0.05) is 71.6 Å². The van der Waals surface area contributed by atoms with Crippen LogP contribution in [0.2, 0.25) is 0 Å². The van der Waals surface area contributed by atoms with Crippen LogP contribution in [0.1, 0.15) is 90.9 Å². The van der Waals surface area contributed by atoms with Gasteiger partial charge in [-0.3, -0.25) is 4.79 Å². The average molecular weight is 493 g/mol. The van der Waals surface area contributed by atoms with Crippen LogP contribution in [0.5, 0.6) is 0 Å². The Hall–Kier alpha value is -0.810. The summed E-state index contributed by atoms with van der Waals surface area (Å²) in [6.07, 6.45) is 5.33. The molecule has 6 unspecified atom stereocenters. The monoisotopic (exact) mass is 492 g/mol. The quantitative estimate of drug-likeness (QED) is 0.149. The second-order valence-electron chi connectivity index (χ2n) is 9.15. The summed E-state index contributed by atoms with van der Waals surface area (Å²) in [5.41, 5.74) is 0. The van der Waals surface area contributed by atoms with Gasteiger partial charge in [0.05, 0.1) is 19.8 Å². The van der Waals surface area contributed by atoms with Crippen LogP contribution in [-0.2, 0) is 23.7 Å². The molecule has 4 N–H and O–H groups in total. The van der Waals surface area contributed by atoms with E-state index in [2.05, 4.69) is 6.92 Å². The highest BCUT2D eigenvalue weighted by atomic mass is 16.7. The molecule has 0 aliphatic carbocycles. The predicted molar refractivity (Wildman–Crippen MR) is 127 cm³/mol. The molecule has 0 aromatic heterocycles. The van der Waals surface area contributed by atoms with Crippen LogP contribution in [0.3, 0.4) is 0 Å². The number of hydrogen-bond acceptors (Lipinski definition) is 9. The van der Waals surface area contributed by atoms with E-state index in [9.17, 15) is 25.2 Å². The van der Waals surface area contributed by atoms with Crippen LogP contribution in [0, 0.1) is 0 Å². The maximum Gasteiger partial charge on any atom is 0.306 e. The fourth-order valence-electron chi connectivity index (χ4n) is 3.82. The molecule has 1 rings (SSSR count). The summed E-state index contributed by atoms with van der Waals surface area (Å²) in [5, 5.41) is 39.2. The Morgan fingerprint density at radius 2 is 1.44 bits per heavy atom. The molecule has 1 aliphatic heterocycles. The van der Waals surface area contributed by atoms with E-state index in [0.29, 0.717) is 13.0 Å². The highest BCUT2D eigenvalue weighted by molar-refractivity contribution is 5.69. The van der Waals surface area contributed by atoms with Crippen LogP contribution in [0.4, 0.5) is 0 Å². The molecule has 1 saturated heterocycles. The molecule has 6 atom stereocenters. The molecule has 0 aromatic rings. The SMILES string of the molecule is CCCCCCCCCCCOCC(COC1OC(CO)C(O)C(O)C1O)OC(=O)CCCC. The second-order valence-corrected chi connectivity index (χ2v) is 9.15. The minimum Gasteiger partial charge on any atom is -0.457 e. The summed E-state index contributed by atoms with van der Waals surface area (Å²) < 4.78 is 22.1. The Morgan fingerprint density at radius 1 is 0.824 bits per heavy atom. The third kappa shape index (κ3) is 12.8. The molecule has 202 valence electrons. The fraction of sp³-hybridized carbons (Fsp3) is 0.960. The molecule has 9 heteroatoms. The van der Waals surface area contributed by atoms with Crippen LogP contribution in [-0.4, -0.2) is 89.6 Å². The summed E-state index contributed by atoms with van der Waals surface area (Å²) >= 11 is 0. The van der Waals surface area contributed by atoms with Gasteiger partial charge in [-0.2, -0.15) is 0 Å². The number of aliphatic hydroxyl groups excluding tert-OH is 4. The first-order valence-electron chi connectivity index (χ1n) is 13.1. The van der Waals surface area contributed by atoms with E-state index in [0.717, 1.165) is 25.7 Å². The first-order valence-corrected chi connectivity index (χ1v) is 13.1. The summed E-state index contributed by atoms with van der Waals surface area (Å²) in [5.74, 6) is -0.351. The van der Waals surface area contributed by atoms with Crippen molar-refractivity contribution in [2.75, 3.05) is 26.4 Å². The van der Waals surface area contributed by atoms with Gasteiger partial charge < -0.3 is 39.4 Å². The zero-order valence-electron chi connectivity index (χ0n) is 21.1. The summed E-state index contributed by atoms with van der Waals surface area (Å²) in [4.78, 5) is 12.1. The molecule has 0 amide bonds. The van der Waals surface area contributed by atoms with Crippen LogP contribution in [0.15, 0.2) is 0 Å². The third-order valence-corrected chi connectivity index (χ3v) is 6.02. The van der Waals surface area contributed by atoms with E-state index in [1.165, 1.54) is 44.9 Å². The lowest BCUT2D eigenvalue weighted by Crippen LogP contribution is -2.59. The summed E-state index contributed by atoms with van der Waals surface area (Å²) in [7, 11) is 0. The number of unbranched alkanes of at least 4 members (excludes halogenated alkanes) is 9. The number of hydrogen-bond donors (Lipinski definition) is 4. The first kappa shape index (κ1) is 31.2. The van der Waals surface area contributed by atoms with E-state index >= 15 is 0 Å². The van der Waals surface area contributed by atoms with Gasteiger partial charge in [0, 0.05) is 13.0 Å². The van der Waals surface area contributed by atoms with Gasteiger partial charge in [0.15, 0.2) is 6.29 Å². The molecule has 1 aliphatic rings. The zero-order valence-corrected chi connectivity index (χ0v) is 21.1. The smallest absolute Gasteiger partial charge is 0.306 e. The lowest BCUT2D eigenvalue weighted by atomic mass is 9.99. The van der Waals surface area contributed by atoms with Crippen molar-refractivity contribution in [2.45, 2.75) is 128 Å². The molecular weight excluding hydrogens is 444 g/mol. The van der Waals surface area contributed by atoms with E-state index in [4.69, 9.17) is 18.9 Å². The Kier molecular flexibility index (Phi) is 17.8. The van der Waals surface area contributed by atoms with Crippen molar-refractivity contribution in [3.05, 3.63) is 0 Å².